The molecule has 1 unspecified atom stereocenters. The van der Waals surface area contributed by atoms with E-state index >= 15 is 0 Å². The van der Waals surface area contributed by atoms with Crippen molar-refractivity contribution in [1.29, 1.82) is 0 Å². The van der Waals surface area contributed by atoms with Crippen LogP contribution in [0.4, 0.5) is 0 Å². The highest BCUT2D eigenvalue weighted by atomic mass is 14.9. The van der Waals surface area contributed by atoms with Crippen molar-refractivity contribution < 1.29 is 0 Å². The highest BCUT2D eigenvalue weighted by Gasteiger charge is 2.16. The van der Waals surface area contributed by atoms with Gasteiger partial charge in [0.05, 0.1) is 0 Å². The Balaban J connectivity index is 1.86. The molecule has 2 aromatic rings. The lowest BCUT2D eigenvalue weighted by molar-refractivity contribution is 0.554. The van der Waals surface area contributed by atoms with E-state index in [1.807, 2.05) is 0 Å². The minimum absolute atomic E-state index is 0.138. The molecule has 0 spiro atoms. The van der Waals surface area contributed by atoms with E-state index in [1.165, 1.54) is 22.3 Å². The first-order valence-electron chi connectivity index (χ1n) is 6.45. The van der Waals surface area contributed by atoms with Gasteiger partial charge in [-0.05, 0) is 28.7 Å². The van der Waals surface area contributed by atoms with Crippen LogP contribution in [0.25, 0.3) is 0 Å². The average molecular weight is 238 g/mol. The van der Waals surface area contributed by atoms with E-state index in [-0.39, 0.29) is 6.04 Å². The first kappa shape index (κ1) is 11.5. The van der Waals surface area contributed by atoms with E-state index in [4.69, 9.17) is 5.73 Å². The number of nitrogens with one attached hydrogen (secondary N) is 1. The van der Waals surface area contributed by atoms with Crippen LogP contribution in [-0.2, 0) is 13.0 Å². The largest absolute Gasteiger partial charge is 0.323 e. The predicted molar refractivity (Wildman–Crippen MR) is 74.3 cm³/mol. The fourth-order valence-corrected chi connectivity index (χ4v) is 2.59. The summed E-state index contributed by atoms with van der Waals surface area (Å²) >= 11 is 0. The van der Waals surface area contributed by atoms with Gasteiger partial charge < -0.3 is 11.1 Å². The first-order chi connectivity index (χ1) is 8.83. The zero-order chi connectivity index (χ0) is 12.4. The fraction of sp³-hybridized carbons (Fsp3) is 0.250. The van der Waals surface area contributed by atoms with Gasteiger partial charge in [0.15, 0.2) is 0 Å². The summed E-state index contributed by atoms with van der Waals surface area (Å²) in [6, 6.07) is 17.4. The molecule has 0 bridgehead atoms. The SMILES string of the molecule is NC1CNCc2cc(Cc3ccccc3)ccc21. The molecule has 0 aromatic heterocycles. The second-order valence-corrected chi connectivity index (χ2v) is 4.93. The van der Waals surface area contributed by atoms with Crippen LogP contribution in [-0.4, -0.2) is 6.54 Å². The molecule has 2 aromatic carbocycles. The maximum Gasteiger partial charge on any atom is 0.0425 e. The quantitative estimate of drug-likeness (QED) is 0.843. The summed E-state index contributed by atoms with van der Waals surface area (Å²) in [5.74, 6) is 0. The Morgan fingerprint density at radius 1 is 1.06 bits per heavy atom. The molecule has 0 saturated heterocycles. The highest BCUT2D eigenvalue weighted by Crippen LogP contribution is 2.22. The molecular formula is C16H18N2. The Bertz CT molecular complexity index is 534. The zero-order valence-electron chi connectivity index (χ0n) is 10.4. The van der Waals surface area contributed by atoms with Gasteiger partial charge in [-0.3, -0.25) is 0 Å². The molecule has 2 heteroatoms. The van der Waals surface area contributed by atoms with Crippen molar-refractivity contribution in [1.82, 2.24) is 5.32 Å². The van der Waals surface area contributed by atoms with Gasteiger partial charge in [-0.1, -0.05) is 48.5 Å². The minimum Gasteiger partial charge on any atom is -0.323 e. The first-order valence-corrected chi connectivity index (χ1v) is 6.45. The van der Waals surface area contributed by atoms with Gasteiger partial charge in [-0.25, -0.2) is 0 Å². The maximum absolute atomic E-state index is 6.09. The molecule has 2 nitrogen and oxygen atoms in total. The molecule has 18 heavy (non-hydrogen) atoms. The Morgan fingerprint density at radius 3 is 2.72 bits per heavy atom. The summed E-state index contributed by atoms with van der Waals surface area (Å²) in [5, 5.41) is 3.36. The van der Waals surface area contributed by atoms with Crippen molar-refractivity contribution in [2.45, 2.75) is 19.0 Å². The molecular weight excluding hydrogens is 220 g/mol. The van der Waals surface area contributed by atoms with Gasteiger partial charge in [0.2, 0.25) is 0 Å². The van der Waals surface area contributed by atoms with E-state index in [0.29, 0.717) is 0 Å². The van der Waals surface area contributed by atoms with Crippen LogP contribution in [0.5, 0.6) is 0 Å². The van der Waals surface area contributed by atoms with E-state index < -0.39 is 0 Å². The molecule has 3 N–H and O–H groups in total. The minimum atomic E-state index is 0.138. The van der Waals surface area contributed by atoms with Crippen LogP contribution < -0.4 is 11.1 Å². The molecule has 3 rings (SSSR count). The molecule has 1 aliphatic rings. The summed E-state index contributed by atoms with van der Waals surface area (Å²) in [6.45, 7) is 1.82. The van der Waals surface area contributed by atoms with Crippen LogP contribution >= 0.6 is 0 Å². The van der Waals surface area contributed by atoms with Crippen LogP contribution in [0.3, 0.4) is 0 Å². The number of hydrogen-bond acceptors (Lipinski definition) is 2. The van der Waals surface area contributed by atoms with Crippen LogP contribution in [0, 0.1) is 0 Å². The van der Waals surface area contributed by atoms with Crippen molar-refractivity contribution in [2.24, 2.45) is 5.73 Å². The van der Waals surface area contributed by atoms with E-state index in [0.717, 1.165) is 19.5 Å². The van der Waals surface area contributed by atoms with Crippen molar-refractivity contribution in [3.05, 3.63) is 70.8 Å². The third-order valence-electron chi connectivity index (χ3n) is 3.54. The Labute approximate surface area is 108 Å². The third kappa shape index (κ3) is 2.30. The van der Waals surface area contributed by atoms with Gasteiger partial charge in [0, 0.05) is 19.1 Å². The molecule has 1 heterocycles. The van der Waals surface area contributed by atoms with Gasteiger partial charge in [-0.2, -0.15) is 0 Å². The smallest absolute Gasteiger partial charge is 0.0425 e. The standard InChI is InChI=1S/C16H18N2/c17-16-11-18-10-14-9-13(6-7-15(14)16)8-12-4-2-1-3-5-12/h1-7,9,16,18H,8,10-11,17H2. The molecule has 0 radical (unpaired) electrons. The number of fused-ring (bicyclic) bond motifs is 1. The molecule has 1 atom stereocenters. The zero-order valence-corrected chi connectivity index (χ0v) is 10.4. The fourth-order valence-electron chi connectivity index (χ4n) is 2.59. The lowest BCUT2D eigenvalue weighted by Gasteiger charge is -2.23. The van der Waals surface area contributed by atoms with E-state index in [9.17, 15) is 0 Å². The molecule has 0 saturated carbocycles. The summed E-state index contributed by atoms with van der Waals surface area (Å²) in [6.07, 6.45) is 0.989. The second kappa shape index (κ2) is 4.92. The molecule has 0 amide bonds. The average Bonchev–Trinajstić information content (AvgIpc) is 2.40. The lowest BCUT2D eigenvalue weighted by atomic mass is 9.93. The molecule has 1 aliphatic heterocycles. The number of hydrogen-bond donors (Lipinski definition) is 2. The van der Waals surface area contributed by atoms with Crippen molar-refractivity contribution in [3.63, 3.8) is 0 Å². The summed E-state index contributed by atoms with van der Waals surface area (Å²) in [5.41, 5.74) is 11.4. The second-order valence-electron chi connectivity index (χ2n) is 4.93. The van der Waals surface area contributed by atoms with Crippen molar-refractivity contribution in [2.75, 3.05) is 6.54 Å². The van der Waals surface area contributed by atoms with E-state index in [2.05, 4.69) is 53.8 Å². The third-order valence-corrected chi connectivity index (χ3v) is 3.54. The molecule has 92 valence electrons. The lowest BCUT2D eigenvalue weighted by Crippen LogP contribution is -2.32. The summed E-state index contributed by atoms with van der Waals surface area (Å²) in [7, 11) is 0. The van der Waals surface area contributed by atoms with Crippen LogP contribution in [0.2, 0.25) is 0 Å². The molecule has 0 fully saturated rings. The number of rotatable bonds is 2. The van der Waals surface area contributed by atoms with Gasteiger partial charge in [0.1, 0.15) is 0 Å². The predicted octanol–water partition coefficient (Wildman–Crippen LogP) is 2.38. The summed E-state index contributed by atoms with van der Waals surface area (Å²) < 4.78 is 0. The Kier molecular flexibility index (Phi) is 3.13. The van der Waals surface area contributed by atoms with Crippen molar-refractivity contribution >= 4 is 0 Å². The topological polar surface area (TPSA) is 38.0 Å². The maximum atomic E-state index is 6.09. The Hall–Kier alpha value is -1.64. The van der Waals surface area contributed by atoms with Gasteiger partial charge in [-0.15, -0.1) is 0 Å². The highest BCUT2D eigenvalue weighted by molar-refractivity contribution is 5.38. The number of nitrogens with two attached hydrogens (primary N) is 1. The molecule has 0 aliphatic carbocycles. The Morgan fingerprint density at radius 2 is 1.89 bits per heavy atom. The van der Waals surface area contributed by atoms with Gasteiger partial charge >= 0.3 is 0 Å². The van der Waals surface area contributed by atoms with Crippen LogP contribution in [0.1, 0.15) is 28.3 Å². The number of benzene rings is 2. The monoisotopic (exact) mass is 238 g/mol. The summed E-state index contributed by atoms with van der Waals surface area (Å²) in [4.78, 5) is 0. The van der Waals surface area contributed by atoms with Crippen molar-refractivity contribution in [3.8, 4) is 0 Å². The van der Waals surface area contributed by atoms with Crippen LogP contribution in [0.15, 0.2) is 48.5 Å². The van der Waals surface area contributed by atoms with E-state index in [1.54, 1.807) is 0 Å². The normalized spacial score (nSPS) is 18.4. The van der Waals surface area contributed by atoms with Gasteiger partial charge in [0.25, 0.3) is 0 Å².